The van der Waals surface area contributed by atoms with Crippen LogP contribution in [0.2, 0.25) is 0 Å². The monoisotopic (exact) mass is 415 g/mol. The van der Waals surface area contributed by atoms with Gasteiger partial charge in [0.15, 0.2) is 23.0 Å². The Labute approximate surface area is 177 Å². The largest absolute Gasteiger partial charge is 0.503 e. The van der Waals surface area contributed by atoms with Gasteiger partial charge >= 0.3 is 0 Å². The summed E-state index contributed by atoms with van der Waals surface area (Å²) in [5.74, 6) is -0.0845. The van der Waals surface area contributed by atoms with Crippen LogP contribution in [0, 0.1) is 5.82 Å². The first-order valence-corrected chi connectivity index (χ1v) is 10.8. The van der Waals surface area contributed by atoms with E-state index in [-0.39, 0.29) is 41.3 Å². The van der Waals surface area contributed by atoms with E-state index < -0.39 is 0 Å². The van der Waals surface area contributed by atoms with Crippen molar-refractivity contribution in [3.63, 3.8) is 0 Å². The summed E-state index contributed by atoms with van der Waals surface area (Å²) < 4.78 is 25.5. The molecule has 1 aliphatic rings. The molecule has 3 rings (SSSR count). The number of Topliss-reactive ketones (excluding diaryl/α,β-unsaturated/α-hetero) is 1. The van der Waals surface area contributed by atoms with Crippen molar-refractivity contribution >= 4 is 5.78 Å². The second-order valence-corrected chi connectivity index (χ2v) is 7.83. The lowest BCUT2D eigenvalue weighted by atomic mass is 9.98. The van der Waals surface area contributed by atoms with E-state index in [0.29, 0.717) is 24.2 Å². The molecule has 6 heteroatoms. The van der Waals surface area contributed by atoms with Crippen LogP contribution in [0.3, 0.4) is 0 Å². The number of ether oxygens (including phenoxy) is 2. The van der Waals surface area contributed by atoms with Gasteiger partial charge in [-0.2, -0.15) is 0 Å². The summed E-state index contributed by atoms with van der Waals surface area (Å²) in [4.78, 5) is 16.3. The second-order valence-electron chi connectivity index (χ2n) is 7.83. The zero-order valence-corrected chi connectivity index (χ0v) is 17.5. The molecule has 0 unspecified atom stereocenters. The van der Waals surface area contributed by atoms with E-state index >= 15 is 0 Å². The van der Waals surface area contributed by atoms with Crippen molar-refractivity contribution in [3.8, 4) is 17.2 Å². The predicted molar refractivity (Wildman–Crippen MR) is 113 cm³/mol. The molecule has 1 aromatic heterocycles. The van der Waals surface area contributed by atoms with Gasteiger partial charge in [-0.1, -0.05) is 25.3 Å². The SMILES string of the molecule is COc1ccnc(C(=O)CCCc2ccc(OC3CCCCCCC3)cc2F)c1O. The molecule has 0 aliphatic heterocycles. The quantitative estimate of drug-likeness (QED) is 0.566. The van der Waals surface area contributed by atoms with Gasteiger partial charge in [0, 0.05) is 24.8 Å². The molecule has 2 aromatic rings. The number of benzene rings is 1. The van der Waals surface area contributed by atoms with Gasteiger partial charge in [-0.3, -0.25) is 4.79 Å². The standard InChI is InChI=1S/C24H30FNO4/c1-29-22-14-15-26-23(24(22)28)21(27)11-7-8-17-12-13-19(16-20(17)25)30-18-9-5-3-2-4-6-10-18/h12-16,18,28H,2-11H2,1H3. The average molecular weight is 416 g/mol. The van der Waals surface area contributed by atoms with Gasteiger partial charge in [-0.25, -0.2) is 9.37 Å². The minimum atomic E-state index is -0.312. The molecule has 0 saturated heterocycles. The first-order chi connectivity index (χ1) is 14.6. The number of hydrogen-bond donors (Lipinski definition) is 1. The molecule has 5 nitrogen and oxygen atoms in total. The molecule has 1 fully saturated rings. The summed E-state index contributed by atoms with van der Waals surface area (Å²) in [5, 5.41) is 10.0. The summed E-state index contributed by atoms with van der Waals surface area (Å²) in [5.41, 5.74) is 0.536. The van der Waals surface area contributed by atoms with Crippen molar-refractivity contribution in [2.24, 2.45) is 0 Å². The van der Waals surface area contributed by atoms with Gasteiger partial charge in [0.25, 0.3) is 0 Å². The van der Waals surface area contributed by atoms with Crippen LogP contribution >= 0.6 is 0 Å². The van der Waals surface area contributed by atoms with E-state index in [1.807, 2.05) is 6.07 Å². The Morgan fingerprint density at radius 2 is 1.90 bits per heavy atom. The van der Waals surface area contributed by atoms with E-state index in [0.717, 1.165) is 25.7 Å². The predicted octanol–water partition coefficient (Wildman–Crippen LogP) is 5.63. The summed E-state index contributed by atoms with van der Waals surface area (Å²) in [7, 11) is 1.41. The number of carbonyl (C=O) groups is 1. The Bertz CT molecular complexity index is 847. The van der Waals surface area contributed by atoms with Crippen LogP contribution in [0.4, 0.5) is 4.39 Å². The molecule has 0 amide bonds. The lowest BCUT2D eigenvalue weighted by Crippen LogP contribution is -2.17. The lowest BCUT2D eigenvalue weighted by molar-refractivity contribution is 0.0971. The number of ketones is 1. The van der Waals surface area contributed by atoms with Gasteiger partial charge in [-0.05, 0) is 50.2 Å². The number of nitrogens with zero attached hydrogens (tertiary/aromatic N) is 1. The molecule has 1 heterocycles. The van der Waals surface area contributed by atoms with Crippen molar-refractivity contribution in [3.05, 3.63) is 47.5 Å². The van der Waals surface area contributed by atoms with Crippen LogP contribution < -0.4 is 9.47 Å². The van der Waals surface area contributed by atoms with Crippen LogP contribution in [0.15, 0.2) is 30.5 Å². The van der Waals surface area contributed by atoms with Crippen LogP contribution in [0.1, 0.15) is 73.8 Å². The van der Waals surface area contributed by atoms with E-state index in [1.165, 1.54) is 44.7 Å². The maximum atomic E-state index is 14.5. The first-order valence-electron chi connectivity index (χ1n) is 10.8. The molecule has 30 heavy (non-hydrogen) atoms. The van der Waals surface area contributed by atoms with E-state index in [2.05, 4.69) is 4.98 Å². The Balaban J connectivity index is 1.53. The third-order valence-electron chi connectivity index (χ3n) is 5.60. The number of aryl methyl sites for hydroxylation is 1. The molecule has 1 N–H and O–H groups in total. The summed E-state index contributed by atoms with van der Waals surface area (Å²) in [6.45, 7) is 0. The molecule has 1 saturated carbocycles. The zero-order chi connectivity index (χ0) is 21.3. The Hall–Kier alpha value is -2.63. The van der Waals surface area contributed by atoms with Crippen molar-refractivity contribution in [2.75, 3.05) is 7.11 Å². The fourth-order valence-corrected chi connectivity index (χ4v) is 3.90. The second kappa shape index (κ2) is 11.0. The normalized spacial score (nSPS) is 15.3. The number of methoxy groups -OCH3 is 1. The molecule has 0 atom stereocenters. The third-order valence-corrected chi connectivity index (χ3v) is 5.60. The highest BCUT2D eigenvalue weighted by Crippen LogP contribution is 2.29. The number of halogens is 1. The number of rotatable bonds is 8. The smallest absolute Gasteiger partial charge is 0.187 e. The minimum Gasteiger partial charge on any atom is -0.503 e. The minimum absolute atomic E-state index is 0.0160. The highest BCUT2D eigenvalue weighted by molar-refractivity contribution is 5.97. The first kappa shape index (κ1) is 22.1. The van der Waals surface area contributed by atoms with Crippen LogP contribution in [0.5, 0.6) is 17.2 Å². The summed E-state index contributed by atoms with van der Waals surface area (Å²) in [6, 6.07) is 6.49. The van der Waals surface area contributed by atoms with E-state index in [4.69, 9.17) is 9.47 Å². The highest BCUT2D eigenvalue weighted by atomic mass is 19.1. The molecular weight excluding hydrogens is 385 g/mol. The molecule has 1 aromatic carbocycles. The van der Waals surface area contributed by atoms with Crippen molar-refractivity contribution < 1.29 is 23.8 Å². The number of carbonyl (C=O) groups excluding carboxylic acids is 1. The van der Waals surface area contributed by atoms with Crippen LogP contribution in [-0.4, -0.2) is 29.1 Å². The van der Waals surface area contributed by atoms with Crippen molar-refractivity contribution in [1.29, 1.82) is 0 Å². The molecule has 0 radical (unpaired) electrons. The number of aromatic nitrogens is 1. The van der Waals surface area contributed by atoms with Crippen molar-refractivity contribution in [1.82, 2.24) is 4.98 Å². The maximum Gasteiger partial charge on any atom is 0.187 e. The Kier molecular flexibility index (Phi) is 8.05. The highest BCUT2D eigenvalue weighted by Gasteiger charge is 2.17. The lowest BCUT2D eigenvalue weighted by Gasteiger charge is -2.21. The van der Waals surface area contributed by atoms with Gasteiger partial charge in [0.1, 0.15) is 11.6 Å². The Morgan fingerprint density at radius 1 is 1.17 bits per heavy atom. The van der Waals surface area contributed by atoms with Gasteiger partial charge in [-0.15, -0.1) is 0 Å². The zero-order valence-electron chi connectivity index (χ0n) is 17.5. The molecule has 0 spiro atoms. The fraction of sp³-hybridized carbons (Fsp3) is 0.500. The number of aromatic hydroxyl groups is 1. The Morgan fingerprint density at radius 3 is 2.60 bits per heavy atom. The fourth-order valence-electron chi connectivity index (χ4n) is 3.90. The van der Waals surface area contributed by atoms with Gasteiger partial charge < -0.3 is 14.6 Å². The van der Waals surface area contributed by atoms with Crippen molar-refractivity contribution in [2.45, 2.75) is 70.3 Å². The molecule has 1 aliphatic carbocycles. The number of hydrogen-bond acceptors (Lipinski definition) is 5. The number of pyridine rings is 1. The topological polar surface area (TPSA) is 68.7 Å². The third kappa shape index (κ3) is 5.94. The maximum absolute atomic E-state index is 14.5. The van der Waals surface area contributed by atoms with Crippen LogP contribution in [-0.2, 0) is 6.42 Å². The average Bonchev–Trinajstić information content (AvgIpc) is 2.71. The van der Waals surface area contributed by atoms with Crippen LogP contribution in [0.25, 0.3) is 0 Å². The summed E-state index contributed by atoms with van der Waals surface area (Å²) in [6.07, 6.45) is 10.8. The van der Waals surface area contributed by atoms with E-state index in [1.54, 1.807) is 6.07 Å². The molecule has 0 bridgehead atoms. The molecule has 162 valence electrons. The summed E-state index contributed by atoms with van der Waals surface area (Å²) >= 11 is 0. The van der Waals surface area contributed by atoms with Gasteiger partial charge in [0.2, 0.25) is 0 Å². The van der Waals surface area contributed by atoms with Gasteiger partial charge in [0.05, 0.1) is 13.2 Å². The van der Waals surface area contributed by atoms with E-state index in [9.17, 15) is 14.3 Å². The molecular formula is C24H30FNO4.